The topological polar surface area (TPSA) is 120 Å². The van der Waals surface area contributed by atoms with Crippen molar-refractivity contribution in [1.29, 1.82) is 0 Å². The number of H-pyrrole nitrogens is 1. The maximum absolute atomic E-state index is 13.2. The van der Waals surface area contributed by atoms with Crippen molar-refractivity contribution >= 4 is 34.9 Å². The molecule has 8 nitrogen and oxygen atoms in total. The Morgan fingerprint density at radius 3 is 2.67 bits per heavy atom. The van der Waals surface area contributed by atoms with Gasteiger partial charge in [0.2, 0.25) is 11.8 Å². The summed E-state index contributed by atoms with van der Waals surface area (Å²) in [7, 11) is 0. The minimum absolute atomic E-state index is 0.0891. The second-order valence-corrected chi connectivity index (χ2v) is 8.95. The molecule has 0 bridgehead atoms. The smallest absolute Gasteiger partial charge is 0.268 e. The van der Waals surface area contributed by atoms with E-state index in [0.717, 1.165) is 30.2 Å². The maximum atomic E-state index is 13.2. The lowest BCUT2D eigenvalue weighted by atomic mass is 9.88. The van der Waals surface area contributed by atoms with Crippen molar-refractivity contribution in [3.63, 3.8) is 0 Å². The van der Waals surface area contributed by atoms with E-state index in [1.54, 1.807) is 6.07 Å². The molecule has 2 aromatic rings. The number of hydrogen-bond donors (Lipinski definition) is 4. The Kier molecular flexibility index (Phi) is 7.22. The lowest BCUT2D eigenvalue weighted by molar-refractivity contribution is -0.127. The van der Waals surface area contributed by atoms with Crippen LogP contribution in [0.3, 0.4) is 0 Å². The van der Waals surface area contributed by atoms with E-state index in [1.165, 1.54) is 0 Å². The number of aldehydes is 1. The van der Waals surface area contributed by atoms with E-state index in [9.17, 15) is 19.2 Å². The summed E-state index contributed by atoms with van der Waals surface area (Å²) in [6.45, 7) is 0.585. The molecule has 1 aromatic carbocycles. The summed E-state index contributed by atoms with van der Waals surface area (Å²) in [4.78, 5) is 52.8. The number of aromatic nitrogens is 1. The fourth-order valence-corrected chi connectivity index (χ4v) is 4.68. The van der Waals surface area contributed by atoms with Gasteiger partial charge in [-0.05, 0) is 56.6 Å². The van der Waals surface area contributed by atoms with Gasteiger partial charge in [0.25, 0.3) is 5.91 Å². The number of allylic oxidation sites excluding steroid dienone is 2. The highest BCUT2D eigenvalue weighted by Crippen LogP contribution is 2.24. The van der Waals surface area contributed by atoms with Gasteiger partial charge in [-0.2, -0.15) is 0 Å². The van der Waals surface area contributed by atoms with E-state index in [-0.39, 0.29) is 30.1 Å². The monoisotopic (exact) mass is 450 g/mol. The molecule has 0 spiro atoms. The zero-order valence-corrected chi connectivity index (χ0v) is 18.5. The Balaban J connectivity index is 1.46. The number of carbonyl (C=O) groups excluding carboxylic acids is 4. The van der Waals surface area contributed by atoms with Crippen molar-refractivity contribution in [2.24, 2.45) is 11.8 Å². The third-order valence-electron chi connectivity index (χ3n) is 6.54. The average Bonchev–Trinajstić information content (AvgIpc) is 3.44. The van der Waals surface area contributed by atoms with Gasteiger partial charge in [0.1, 0.15) is 18.0 Å². The average molecular weight is 451 g/mol. The first-order valence-electron chi connectivity index (χ1n) is 11.6. The standard InChI is InChI=1S/C25H30N4O4/c30-15-19(13-18-10-11-26-23(18)31)27-24(32)21(12-16-6-2-1-3-7-16)29-25(33)22-14-17-8-4-5-9-20(17)28-22/h1-2,4-5,8-9,14-16,18-19,21,28H,3,6-7,10-13H2,(H,26,31)(H,27,32)(H,29,33)/t16-,18+,19+,21+/m1/s1. The van der Waals surface area contributed by atoms with Gasteiger partial charge >= 0.3 is 0 Å². The van der Waals surface area contributed by atoms with Gasteiger partial charge in [-0.1, -0.05) is 30.4 Å². The molecule has 1 aromatic heterocycles. The zero-order valence-electron chi connectivity index (χ0n) is 18.5. The van der Waals surface area contributed by atoms with Gasteiger partial charge in [0, 0.05) is 23.4 Å². The van der Waals surface area contributed by atoms with E-state index >= 15 is 0 Å². The number of amides is 3. The van der Waals surface area contributed by atoms with Crippen molar-refractivity contribution in [2.45, 2.75) is 50.6 Å². The molecular formula is C25H30N4O4. The molecule has 4 N–H and O–H groups in total. The molecule has 1 saturated heterocycles. The number of fused-ring (bicyclic) bond motifs is 1. The summed E-state index contributed by atoms with van der Waals surface area (Å²) in [5.74, 6) is -0.874. The number of benzene rings is 1. The molecule has 3 amide bonds. The SMILES string of the molecule is O=C[C@H](C[C@@H]1CCNC1=O)NC(=O)[C@H](C[C@@H]1CC=CCC1)NC(=O)c1cc2ccccc2[nH]1. The summed E-state index contributed by atoms with van der Waals surface area (Å²) < 4.78 is 0. The van der Waals surface area contributed by atoms with Crippen LogP contribution >= 0.6 is 0 Å². The van der Waals surface area contributed by atoms with Crippen molar-refractivity contribution < 1.29 is 19.2 Å². The van der Waals surface area contributed by atoms with Gasteiger partial charge in [0.05, 0.1) is 6.04 Å². The molecule has 0 saturated carbocycles. The Bertz CT molecular complexity index is 1030. The summed E-state index contributed by atoms with van der Waals surface area (Å²) in [5.41, 5.74) is 1.23. The third kappa shape index (κ3) is 5.69. The summed E-state index contributed by atoms with van der Waals surface area (Å²) >= 11 is 0. The molecule has 1 aliphatic carbocycles. The highest BCUT2D eigenvalue weighted by atomic mass is 16.2. The third-order valence-corrected chi connectivity index (χ3v) is 6.54. The molecule has 33 heavy (non-hydrogen) atoms. The zero-order chi connectivity index (χ0) is 23.2. The van der Waals surface area contributed by atoms with E-state index in [0.29, 0.717) is 31.4 Å². The predicted molar refractivity (Wildman–Crippen MR) is 124 cm³/mol. The van der Waals surface area contributed by atoms with E-state index in [1.807, 2.05) is 24.3 Å². The largest absolute Gasteiger partial charge is 0.356 e. The Hall–Kier alpha value is -3.42. The van der Waals surface area contributed by atoms with Crippen molar-refractivity contribution in [3.8, 4) is 0 Å². The van der Waals surface area contributed by atoms with E-state index < -0.39 is 18.0 Å². The molecule has 0 unspecified atom stereocenters. The summed E-state index contributed by atoms with van der Waals surface area (Å²) in [6, 6.07) is 7.79. The van der Waals surface area contributed by atoms with Crippen LogP contribution in [0.25, 0.3) is 10.9 Å². The van der Waals surface area contributed by atoms with Crippen LogP contribution < -0.4 is 16.0 Å². The molecule has 1 aliphatic heterocycles. The van der Waals surface area contributed by atoms with Gasteiger partial charge in [-0.25, -0.2) is 0 Å². The number of carbonyl (C=O) groups is 4. The molecular weight excluding hydrogens is 420 g/mol. The first-order valence-corrected chi connectivity index (χ1v) is 11.6. The van der Waals surface area contributed by atoms with Gasteiger partial charge < -0.3 is 25.7 Å². The second kappa shape index (κ2) is 10.5. The molecule has 1 fully saturated rings. The van der Waals surface area contributed by atoms with Gasteiger partial charge in [0.15, 0.2) is 0 Å². The summed E-state index contributed by atoms with van der Waals surface area (Å²) in [5, 5.41) is 9.29. The Labute approximate surface area is 192 Å². The minimum atomic E-state index is -0.778. The Morgan fingerprint density at radius 2 is 1.97 bits per heavy atom. The van der Waals surface area contributed by atoms with Crippen molar-refractivity contribution in [2.75, 3.05) is 6.54 Å². The van der Waals surface area contributed by atoms with Crippen LogP contribution in [0.4, 0.5) is 0 Å². The van der Waals surface area contributed by atoms with Gasteiger partial charge in [-0.15, -0.1) is 0 Å². The van der Waals surface area contributed by atoms with Gasteiger partial charge in [-0.3, -0.25) is 14.4 Å². The lowest BCUT2D eigenvalue weighted by Gasteiger charge is -2.26. The predicted octanol–water partition coefficient (Wildman–Crippen LogP) is 2.22. The van der Waals surface area contributed by atoms with Crippen LogP contribution in [0, 0.1) is 11.8 Å². The highest BCUT2D eigenvalue weighted by Gasteiger charge is 2.31. The minimum Gasteiger partial charge on any atom is -0.356 e. The maximum Gasteiger partial charge on any atom is 0.268 e. The molecule has 4 rings (SSSR count). The number of aromatic amines is 1. The first-order chi connectivity index (χ1) is 16.0. The van der Waals surface area contributed by atoms with Crippen LogP contribution in [0.1, 0.15) is 49.0 Å². The molecule has 2 aliphatic rings. The number of nitrogens with one attached hydrogen (secondary N) is 4. The molecule has 174 valence electrons. The molecule has 8 heteroatoms. The van der Waals surface area contributed by atoms with E-state index in [2.05, 4.69) is 33.1 Å². The van der Waals surface area contributed by atoms with Crippen LogP contribution in [-0.4, -0.2) is 47.6 Å². The summed E-state index contributed by atoms with van der Waals surface area (Å²) in [6.07, 6.45) is 9.04. The molecule has 4 atom stereocenters. The van der Waals surface area contributed by atoms with Crippen LogP contribution in [0.5, 0.6) is 0 Å². The number of para-hydroxylation sites is 1. The normalized spacial score (nSPS) is 21.9. The highest BCUT2D eigenvalue weighted by molar-refractivity contribution is 6.00. The number of rotatable bonds is 9. The van der Waals surface area contributed by atoms with Crippen molar-refractivity contribution in [3.05, 3.63) is 48.2 Å². The van der Waals surface area contributed by atoms with Crippen LogP contribution in [0.15, 0.2) is 42.5 Å². The quantitative estimate of drug-likeness (QED) is 0.346. The molecule has 2 heterocycles. The fourth-order valence-electron chi connectivity index (χ4n) is 4.68. The molecule has 0 radical (unpaired) electrons. The second-order valence-electron chi connectivity index (χ2n) is 8.95. The fraction of sp³-hybridized carbons (Fsp3) is 0.440. The van der Waals surface area contributed by atoms with E-state index in [4.69, 9.17) is 0 Å². The van der Waals surface area contributed by atoms with Crippen molar-refractivity contribution in [1.82, 2.24) is 20.9 Å². The first kappa shape index (κ1) is 22.8. The van der Waals surface area contributed by atoms with Crippen LogP contribution in [-0.2, 0) is 14.4 Å². The number of hydrogen-bond acceptors (Lipinski definition) is 4. The van der Waals surface area contributed by atoms with Crippen LogP contribution in [0.2, 0.25) is 0 Å². The Morgan fingerprint density at radius 1 is 1.12 bits per heavy atom. The lowest BCUT2D eigenvalue weighted by Crippen LogP contribution is -2.51.